The highest BCUT2D eigenvalue weighted by atomic mass is 32.1. The minimum absolute atomic E-state index is 0.595. The van der Waals surface area contributed by atoms with Crippen LogP contribution in [-0.2, 0) is 0 Å². The molecule has 3 rings (SSSR count). The highest BCUT2D eigenvalue weighted by Crippen LogP contribution is 2.34. The SMILES string of the molecule is Cc1nsc2cccc(-c3cn[nH]c3N)c12. The molecule has 0 radical (unpaired) electrons. The standard InChI is InChI=1S/C11H10N4S/c1-6-10-7(8-5-13-14-11(8)12)3-2-4-9(10)16-15-6/h2-5H,1H3,(H3,12,13,14). The summed E-state index contributed by atoms with van der Waals surface area (Å²) in [5, 5.41) is 7.87. The largest absolute Gasteiger partial charge is 0.384 e. The molecule has 5 heteroatoms. The van der Waals surface area contributed by atoms with E-state index in [1.807, 2.05) is 19.1 Å². The van der Waals surface area contributed by atoms with E-state index in [0.717, 1.165) is 16.8 Å². The molecular weight excluding hydrogens is 220 g/mol. The van der Waals surface area contributed by atoms with Crippen LogP contribution in [0.1, 0.15) is 5.69 Å². The van der Waals surface area contributed by atoms with Crippen molar-refractivity contribution in [2.24, 2.45) is 0 Å². The fourth-order valence-corrected chi connectivity index (χ4v) is 2.69. The average molecular weight is 230 g/mol. The van der Waals surface area contributed by atoms with Crippen LogP contribution < -0.4 is 5.73 Å². The van der Waals surface area contributed by atoms with Crippen molar-refractivity contribution in [3.05, 3.63) is 30.1 Å². The molecule has 0 fully saturated rings. The van der Waals surface area contributed by atoms with Crippen LogP contribution in [-0.4, -0.2) is 14.6 Å². The van der Waals surface area contributed by atoms with E-state index in [4.69, 9.17) is 5.73 Å². The van der Waals surface area contributed by atoms with Crippen molar-refractivity contribution in [1.82, 2.24) is 14.6 Å². The lowest BCUT2D eigenvalue weighted by Crippen LogP contribution is -1.88. The summed E-state index contributed by atoms with van der Waals surface area (Å²) in [7, 11) is 0. The van der Waals surface area contributed by atoms with Gasteiger partial charge in [0, 0.05) is 10.9 Å². The van der Waals surface area contributed by atoms with Gasteiger partial charge >= 0.3 is 0 Å². The summed E-state index contributed by atoms with van der Waals surface area (Å²) in [5.41, 5.74) is 8.92. The summed E-state index contributed by atoms with van der Waals surface area (Å²) in [6, 6.07) is 6.13. The van der Waals surface area contributed by atoms with E-state index < -0.39 is 0 Å². The van der Waals surface area contributed by atoms with Crippen molar-refractivity contribution in [2.75, 3.05) is 5.73 Å². The molecule has 0 bridgehead atoms. The molecule has 0 amide bonds. The summed E-state index contributed by atoms with van der Waals surface area (Å²) in [6.45, 7) is 2.01. The maximum atomic E-state index is 5.85. The number of anilines is 1. The maximum Gasteiger partial charge on any atom is 0.126 e. The normalized spacial score (nSPS) is 11.1. The molecule has 80 valence electrons. The Bertz CT molecular complexity index is 653. The number of nitrogen functional groups attached to an aromatic ring is 1. The van der Waals surface area contributed by atoms with Gasteiger partial charge in [-0.15, -0.1) is 0 Å². The van der Waals surface area contributed by atoms with E-state index >= 15 is 0 Å². The lowest BCUT2D eigenvalue weighted by Gasteiger charge is -2.01. The molecule has 1 aromatic carbocycles. The van der Waals surface area contributed by atoms with Gasteiger partial charge in [-0.2, -0.15) is 9.47 Å². The third-order valence-corrected chi connectivity index (χ3v) is 3.53. The minimum Gasteiger partial charge on any atom is -0.384 e. The van der Waals surface area contributed by atoms with Crippen LogP contribution in [0.15, 0.2) is 24.4 Å². The number of rotatable bonds is 1. The molecule has 0 unspecified atom stereocenters. The van der Waals surface area contributed by atoms with Gasteiger partial charge in [-0.1, -0.05) is 12.1 Å². The molecular formula is C11H10N4S. The number of hydrogen-bond acceptors (Lipinski definition) is 4. The van der Waals surface area contributed by atoms with Crippen molar-refractivity contribution >= 4 is 27.4 Å². The molecule has 0 aliphatic rings. The second-order valence-electron chi connectivity index (χ2n) is 3.64. The first-order valence-electron chi connectivity index (χ1n) is 4.91. The summed E-state index contributed by atoms with van der Waals surface area (Å²) in [4.78, 5) is 0. The number of aromatic nitrogens is 3. The Morgan fingerprint density at radius 2 is 2.19 bits per heavy atom. The van der Waals surface area contributed by atoms with Crippen LogP contribution in [0.4, 0.5) is 5.82 Å². The van der Waals surface area contributed by atoms with Gasteiger partial charge in [-0.05, 0) is 30.1 Å². The van der Waals surface area contributed by atoms with Gasteiger partial charge in [-0.25, -0.2) is 0 Å². The van der Waals surface area contributed by atoms with E-state index in [1.54, 1.807) is 6.20 Å². The molecule has 0 atom stereocenters. The first-order valence-corrected chi connectivity index (χ1v) is 5.69. The fourth-order valence-electron chi connectivity index (χ4n) is 1.88. The molecule has 3 N–H and O–H groups in total. The quantitative estimate of drug-likeness (QED) is 0.675. The molecule has 0 saturated heterocycles. The second-order valence-corrected chi connectivity index (χ2v) is 4.45. The Morgan fingerprint density at radius 1 is 1.31 bits per heavy atom. The average Bonchev–Trinajstić information content (AvgIpc) is 2.86. The maximum absolute atomic E-state index is 5.85. The number of benzene rings is 1. The van der Waals surface area contributed by atoms with E-state index in [1.165, 1.54) is 21.6 Å². The summed E-state index contributed by atoms with van der Waals surface area (Å²) >= 11 is 1.51. The van der Waals surface area contributed by atoms with E-state index in [2.05, 4.69) is 20.6 Å². The van der Waals surface area contributed by atoms with Gasteiger partial charge in [0.2, 0.25) is 0 Å². The van der Waals surface area contributed by atoms with Crippen LogP contribution >= 0.6 is 11.5 Å². The number of aryl methyl sites for hydroxylation is 1. The molecule has 0 aliphatic heterocycles. The van der Waals surface area contributed by atoms with Crippen LogP contribution in [0.5, 0.6) is 0 Å². The number of H-pyrrole nitrogens is 1. The Balaban J connectivity index is 2.39. The smallest absolute Gasteiger partial charge is 0.126 e. The number of aromatic amines is 1. The molecule has 3 aromatic rings. The zero-order chi connectivity index (χ0) is 11.1. The highest BCUT2D eigenvalue weighted by molar-refractivity contribution is 7.13. The molecule has 0 saturated carbocycles. The van der Waals surface area contributed by atoms with Crippen molar-refractivity contribution < 1.29 is 0 Å². The first kappa shape index (κ1) is 9.35. The Kier molecular flexibility index (Phi) is 1.94. The predicted molar refractivity (Wildman–Crippen MR) is 66.4 cm³/mol. The van der Waals surface area contributed by atoms with Crippen LogP contribution in [0.25, 0.3) is 21.2 Å². The predicted octanol–water partition coefficient (Wildman–Crippen LogP) is 2.58. The number of hydrogen-bond donors (Lipinski definition) is 2. The molecule has 2 heterocycles. The molecule has 4 nitrogen and oxygen atoms in total. The number of nitrogens with one attached hydrogen (secondary N) is 1. The van der Waals surface area contributed by atoms with Crippen molar-refractivity contribution in [1.29, 1.82) is 0 Å². The van der Waals surface area contributed by atoms with Crippen molar-refractivity contribution in [2.45, 2.75) is 6.92 Å². The van der Waals surface area contributed by atoms with Gasteiger partial charge in [0.25, 0.3) is 0 Å². The van der Waals surface area contributed by atoms with Crippen molar-refractivity contribution in [3.63, 3.8) is 0 Å². The summed E-state index contributed by atoms with van der Waals surface area (Å²) < 4.78 is 5.54. The van der Waals surface area contributed by atoms with E-state index in [9.17, 15) is 0 Å². The second kappa shape index (κ2) is 3.31. The Morgan fingerprint density at radius 3 is 2.94 bits per heavy atom. The Hall–Kier alpha value is -1.88. The van der Waals surface area contributed by atoms with Gasteiger partial charge < -0.3 is 5.73 Å². The van der Waals surface area contributed by atoms with E-state index in [-0.39, 0.29) is 0 Å². The summed E-state index contributed by atoms with van der Waals surface area (Å²) in [5.74, 6) is 0.595. The fraction of sp³-hybridized carbons (Fsp3) is 0.0909. The monoisotopic (exact) mass is 230 g/mol. The minimum atomic E-state index is 0.595. The third kappa shape index (κ3) is 1.22. The number of nitrogens with zero attached hydrogens (tertiary/aromatic N) is 2. The van der Waals surface area contributed by atoms with Gasteiger partial charge in [-0.3, -0.25) is 5.10 Å². The van der Waals surface area contributed by atoms with Crippen LogP contribution in [0, 0.1) is 6.92 Å². The van der Waals surface area contributed by atoms with Crippen LogP contribution in [0.2, 0.25) is 0 Å². The topological polar surface area (TPSA) is 67.6 Å². The Labute approximate surface area is 96.3 Å². The molecule has 16 heavy (non-hydrogen) atoms. The lowest BCUT2D eigenvalue weighted by atomic mass is 10.0. The molecule has 0 aliphatic carbocycles. The molecule has 2 aromatic heterocycles. The number of nitrogens with two attached hydrogens (primary N) is 1. The van der Waals surface area contributed by atoms with Gasteiger partial charge in [0.05, 0.1) is 16.6 Å². The van der Waals surface area contributed by atoms with Crippen LogP contribution in [0.3, 0.4) is 0 Å². The van der Waals surface area contributed by atoms with Crippen molar-refractivity contribution in [3.8, 4) is 11.1 Å². The zero-order valence-electron chi connectivity index (χ0n) is 8.69. The van der Waals surface area contributed by atoms with Gasteiger partial charge in [0.1, 0.15) is 5.82 Å². The molecule has 0 spiro atoms. The lowest BCUT2D eigenvalue weighted by molar-refractivity contribution is 1.10. The number of fused-ring (bicyclic) bond motifs is 1. The zero-order valence-corrected chi connectivity index (χ0v) is 9.51. The first-order chi connectivity index (χ1) is 7.77. The summed E-state index contributed by atoms with van der Waals surface area (Å²) in [6.07, 6.45) is 1.75. The van der Waals surface area contributed by atoms with E-state index in [0.29, 0.717) is 5.82 Å². The highest BCUT2D eigenvalue weighted by Gasteiger charge is 2.12. The third-order valence-electron chi connectivity index (χ3n) is 2.63. The van der Waals surface area contributed by atoms with Gasteiger partial charge in [0.15, 0.2) is 0 Å².